The predicted molar refractivity (Wildman–Crippen MR) is 137 cm³/mol. The molecular weight excluding hydrogens is 462 g/mol. The number of aryl methyl sites for hydroxylation is 1. The molecule has 2 heterocycles. The zero-order valence-electron chi connectivity index (χ0n) is 18.8. The summed E-state index contributed by atoms with van der Waals surface area (Å²) in [5, 5.41) is 12.9. The van der Waals surface area contributed by atoms with Crippen LogP contribution in [0.25, 0.3) is 10.2 Å². The largest absolute Gasteiger partial charge is 0.325 e. The average Bonchev–Trinajstić information content (AvgIpc) is 3.45. The van der Waals surface area contributed by atoms with Crippen LogP contribution in [0.3, 0.4) is 0 Å². The number of nitrogens with one attached hydrogen (secondary N) is 1. The lowest BCUT2D eigenvalue weighted by Crippen LogP contribution is -2.39. The highest BCUT2D eigenvalue weighted by Gasteiger charge is 2.36. The summed E-state index contributed by atoms with van der Waals surface area (Å²) in [5.41, 5.74) is 1.90. The van der Waals surface area contributed by atoms with E-state index in [1.54, 1.807) is 17.7 Å². The van der Waals surface area contributed by atoms with Gasteiger partial charge in [0.25, 0.3) is 0 Å². The van der Waals surface area contributed by atoms with Gasteiger partial charge < -0.3 is 9.88 Å². The first-order valence-corrected chi connectivity index (χ1v) is 12.5. The van der Waals surface area contributed by atoms with E-state index in [9.17, 15) is 4.79 Å². The molecule has 34 heavy (non-hydrogen) atoms. The quantitative estimate of drug-likeness (QED) is 0.319. The van der Waals surface area contributed by atoms with Crippen LogP contribution in [0.1, 0.15) is 17.5 Å². The number of para-hydroxylation sites is 1. The van der Waals surface area contributed by atoms with E-state index in [4.69, 9.17) is 4.98 Å². The van der Waals surface area contributed by atoms with Crippen LogP contribution in [0.2, 0.25) is 0 Å². The Morgan fingerprint density at radius 2 is 1.76 bits per heavy atom. The van der Waals surface area contributed by atoms with Crippen LogP contribution in [0.4, 0.5) is 5.69 Å². The number of nitrogens with zero attached hydrogens (tertiary/aromatic N) is 4. The van der Waals surface area contributed by atoms with Gasteiger partial charge in [-0.1, -0.05) is 42.5 Å². The Hall–Kier alpha value is -3.49. The van der Waals surface area contributed by atoms with E-state index in [0.29, 0.717) is 6.42 Å². The zero-order valence-corrected chi connectivity index (χ0v) is 20.4. The van der Waals surface area contributed by atoms with Crippen LogP contribution in [-0.4, -0.2) is 25.7 Å². The summed E-state index contributed by atoms with van der Waals surface area (Å²) in [6.45, 7) is 1.99. The monoisotopic (exact) mass is 485 g/mol. The topological polar surface area (TPSA) is 72.7 Å². The molecule has 0 saturated carbocycles. The van der Waals surface area contributed by atoms with Crippen molar-refractivity contribution in [2.24, 2.45) is 7.05 Å². The van der Waals surface area contributed by atoms with Crippen LogP contribution in [0.15, 0.2) is 95.2 Å². The molecule has 170 valence electrons. The van der Waals surface area contributed by atoms with Crippen molar-refractivity contribution in [3.63, 3.8) is 0 Å². The van der Waals surface area contributed by atoms with Gasteiger partial charge >= 0.3 is 0 Å². The van der Waals surface area contributed by atoms with E-state index in [1.807, 2.05) is 91.3 Å². The van der Waals surface area contributed by atoms with Gasteiger partial charge in [0.05, 0.1) is 20.6 Å². The second-order valence-electron chi connectivity index (χ2n) is 8.26. The summed E-state index contributed by atoms with van der Waals surface area (Å²) in [7, 11) is 1.91. The van der Waals surface area contributed by atoms with Crippen LogP contribution >= 0.6 is 23.1 Å². The second kappa shape index (κ2) is 9.40. The van der Waals surface area contributed by atoms with Crippen molar-refractivity contribution in [3.8, 4) is 0 Å². The molecule has 3 aromatic carbocycles. The summed E-state index contributed by atoms with van der Waals surface area (Å²) in [6.07, 6.45) is 2.19. The number of benzene rings is 3. The van der Waals surface area contributed by atoms with Crippen LogP contribution in [0, 0.1) is 0 Å². The number of carbonyl (C=O) groups is 1. The molecule has 6 nitrogen and oxygen atoms in total. The molecule has 0 saturated heterocycles. The Bertz CT molecular complexity index is 1400. The molecule has 0 bridgehead atoms. The molecule has 2 aromatic heterocycles. The van der Waals surface area contributed by atoms with Crippen molar-refractivity contribution in [1.82, 2.24) is 19.7 Å². The highest BCUT2D eigenvalue weighted by molar-refractivity contribution is 7.99. The number of thiazole rings is 1. The smallest absolute Gasteiger partial charge is 0.235 e. The van der Waals surface area contributed by atoms with Gasteiger partial charge in [0.1, 0.15) is 6.33 Å². The summed E-state index contributed by atoms with van der Waals surface area (Å²) in [5.74, 6) is -0.0633. The molecule has 0 spiro atoms. The number of hydrogen-bond donors (Lipinski definition) is 1. The summed E-state index contributed by atoms with van der Waals surface area (Å²) >= 11 is 3.16. The Morgan fingerprint density at radius 3 is 2.47 bits per heavy atom. The maximum atomic E-state index is 13.7. The minimum atomic E-state index is -0.777. The lowest BCUT2D eigenvalue weighted by atomic mass is 9.78. The highest BCUT2D eigenvalue weighted by atomic mass is 32.2. The fourth-order valence-corrected chi connectivity index (χ4v) is 5.65. The molecule has 5 aromatic rings. The number of rotatable bonds is 7. The van der Waals surface area contributed by atoms with Crippen molar-refractivity contribution in [3.05, 3.63) is 95.8 Å². The summed E-state index contributed by atoms with van der Waals surface area (Å²) < 4.78 is 3.00. The second-order valence-corrected chi connectivity index (χ2v) is 10.4. The van der Waals surface area contributed by atoms with Crippen LogP contribution < -0.4 is 5.32 Å². The Labute approximate surface area is 206 Å². The molecule has 1 atom stereocenters. The molecule has 5 rings (SSSR count). The fourth-order valence-electron chi connectivity index (χ4n) is 3.76. The molecule has 1 N–H and O–H groups in total. The van der Waals surface area contributed by atoms with Crippen molar-refractivity contribution < 1.29 is 4.79 Å². The maximum absolute atomic E-state index is 13.7. The Kier molecular flexibility index (Phi) is 6.17. The summed E-state index contributed by atoms with van der Waals surface area (Å²) in [4.78, 5) is 19.5. The van der Waals surface area contributed by atoms with Crippen molar-refractivity contribution in [2.75, 3.05) is 5.32 Å². The first-order valence-electron chi connectivity index (χ1n) is 10.8. The fraction of sp³-hybridized carbons (Fsp3) is 0.154. The molecule has 0 aliphatic carbocycles. The number of hydrogen-bond acceptors (Lipinski definition) is 6. The lowest BCUT2D eigenvalue weighted by Gasteiger charge is -2.28. The van der Waals surface area contributed by atoms with Gasteiger partial charge in [0.15, 0.2) is 5.16 Å². The minimum absolute atomic E-state index is 0.0633. The third-order valence-corrected chi connectivity index (χ3v) is 7.84. The van der Waals surface area contributed by atoms with E-state index in [0.717, 1.165) is 36.5 Å². The maximum Gasteiger partial charge on any atom is 0.235 e. The first kappa shape index (κ1) is 22.3. The molecule has 1 unspecified atom stereocenters. The first-order chi connectivity index (χ1) is 16.5. The van der Waals surface area contributed by atoms with Gasteiger partial charge in [0.2, 0.25) is 5.91 Å². The normalized spacial score (nSPS) is 13.0. The number of amides is 1. The number of anilines is 1. The molecule has 0 aliphatic heterocycles. The van der Waals surface area contributed by atoms with Crippen LogP contribution in [0.5, 0.6) is 0 Å². The van der Waals surface area contributed by atoms with Gasteiger partial charge in [-0.15, -0.1) is 21.5 Å². The molecule has 0 fully saturated rings. The van der Waals surface area contributed by atoms with Gasteiger partial charge in [-0.25, -0.2) is 4.98 Å². The minimum Gasteiger partial charge on any atom is -0.325 e. The van der Waals surface area contributed by atoms with Gasteiger partial charge in [-0.3, -0.25) is 4.79 Å². The van der Waals surface area contributed by atoms with E-state index in [2.05, 4.69) is 21.6 Å². The third kappa shape index (κ3) is 4.60. The van der Waals surface area contributed by atoms with Crippen LogP contribution in [-0.2, 0) is 23.7 Å². The number of aromatic nitrogens is 4. The Balaban J connectivity index is 1.39. The predicted octanol–water partition coefficient (Wildman–Crippen LogP) is 5.72. The highest BCUT2D eigenvalue weighted by Crippen LogP contribution is 2.33. The van der Waals surface area contributed by atoms with E-state index in [-0.39, 0.29) is 5.91 Å². The third-order valence-electron chi connectivity index (χ3n) is 5.75. The van der Waals surface area contributed by atoms with E-state index < -0.39 is 5.41 Å². The standard InChI is InChI=1S/C26H23N5OS2/c1-26(18-8-4-3-5-9-18,16-23-29-21-10-6-7-11-22(21)34-23)24(32)28-19-12-14-20(15-13-19)33-25-30-27-17-31(25)2/h3-15,17H,16H2,1-2H3,(H,28,32). The molecule has 0 radical (unpaired) electrons. The van der Waals surface area contributed by atoms with E-state index in [1.165, 1.54) is 11.8 Å². The molecular formula is C26H23N5OS2. The zero-order chi connectivity index (χ0) is 23.5. The lowest BCUT2D eigenvalue weighted by molar-refractivity contribution is -0.121. The number of fused-ring (bicyclic) bond motifs is 1. The van der Waals surface area contributed by atoms with Crippen molar-refractivity contribution >= 4 is 44.9 Å². The Morgan fingerprint density at radius 1 is 1.03 bits per heavy atom. The van der Waals surface area contributed by atoms with Crippen molar-refractivity contribution in [1.29, 1.82) is 0 Å². The molecule has 0 aliphatic rings. The molecule has 1 amide bonds. The van der Waals surface area contributed by atoms with Gasteiger partial charge in [-0.2, -0.15) is 0 Å². The summed E-state index contributed by atoms with van der Waals surface area (Å²) in [6, 6.07) is 25.8. The number of carbonyl (C=O) groups excluding carboxylic acids is 1. The molecule has 8 heteroatoms. The van der Waals surface area contributed by atoms with E-state index >= 15 is 0 Å². The van der Waals surface area contributed by atoms with Gasteiger partial charge in [-0.05, 0) is 60.6 Å². The average molecular weight is 486 g/mol. The SMILES string of the molecule is Cn1cnnc1Sc1ccc(NC(=O)C(C)(Cc2nc3ccccc3s2)c2ccccc2)cc1. The van der Waals surface area contributed by atoms with Gasteiger partial charge in [0, 0.05) is 24.1 Å². The van der Waals surface area contributed by atoms with Crippen molar-refractivity contribution in [2.45, 2.75) is 28.8 Å².